The van der Waals surface area contributed by atoms with E-state index in [1.165, 1.54) is 11.8 Å². The van der Waals surface area contributed by atoms with Crippen molar-refractivity contribution in [2.45, 2.75) is 52.4 Å². The predicted molar refractivity (Wildman–Crippen MR) is 136 cm³/mol. The zero-order valence-corrected chi connectivity index (χ0v) is 21.8. The summed E-state index contributed by atoms with van der Waals surface area (Å²) in [7, 11) is 0. The maximum atomic E-state index is 12.7. The second-order valence-corrected chi connectivity index (χ2v) is 9.70. The number of carbonyl (C=O) groups is 2. The van der Waals surface area contributed by atoms with Gasteiger partial charge in [0.15, 0.2) is 11.0 Å². The Morgan fingerprint density at radius 2 is 1.76 bits per heavy atom. The van der Waals surface area contributed by atoms with Gasteiger partial charge in [-0.25, -0.2) is 0 Å². The van der Waals surface area contributed by atoms with Crippen LogP contribution in [-0.4, -0.2) is 32.3 Å². The third-order valence-corrected chi connectivity index (χ3v) is 6.71. The first-order valence-corrected chi connectivity index (χ1v) is 12.5. The maximum Gasteiger partial charge on any atom is 0.252 e. The molecule has 0 aliphatic heterocycles. The van der Waals surface area contributed by atoms with Gasteiger partial charge in [0.05, 0.1) is 11.8 Å². The molecule has 3 rings (SSSR count). The molecule has 0 saturated carbocycles. The molecule has 1 aromatic heterocycles. The van der Waals surface area contributed by atoms with E-state index < -0.39 is 0 Å². The number of thioether (sulfide) groups is 1. The Balaban J connectivity index is 1.66. The SMILES string of the molecule is CCn1c(SCC(=O)Nc2c(C)cc(Br)cc2C)nnc1[C@@H](C)NC(=O)c1ccccc1C. The van der Waals surface area contributed by atoms with Crippen LogP contribution in [0.5, 0.6) is 0 Å². The summed E-state index contributed by atoms with van der Waals surface area (Å²) >= 11 is 4.80. The molecule has 0 radical (unpaired) electrons. The van der Waals surface area contributed by atoms with Crippen LogP contribution >= 0.6 is 27.7 Å². The van der Waals surface area contributed by atoms with E-state index in [2.05, 4.69) is 36.8 Å². The number of hydrogen-bond donors (Lipinski definition) is 2. The van der Waals surface area contributed by atoms with Gasteiger partial charge in [0.2, 0.25) is 5.91 Å². The Morgan fingerprint density at radius 3 is 2.39 bits per heavy atom. The Labute approximate surface area is 206 Å². The molecule has 33 heavy (non-hydrogen) atoms. The fourth-order valence-electron chi connectivity index (χ4n) is 3.60. The van der Waals surface area contributed by atoms with Crippen LogP contribution in [0.3, 0.4) is 0 Å². The molecule has 9 heteroatoms. The second kappa shape index (κ2) is 11.0. The van der Waals surface area contributed by atoms with E-state index in [1.807, 2.05) is 69.5 Å². The van der Waals surface area contributed by atoms with Gasteiger partial charge in [-0.1, -0.05) is 45.9 Å². The molecule has 0 saturated heterocycles. The normalized spacial score (nSPS) is 11.8. The molecule has 2 N–H and O–H groups in total. The summed E-state index contributed by atoms with van der Waals surface area (Å²) in [6.07, 6.45) is 0. The number of nitrogens with zero attached hydrogens (tertiary/aromatic N) is 3. The molecule has 1 atom stereocenters. The quantitative estimate of drug-likeness (QED) is 0.391. The molecular weight excluding hydrogens is 502 g/mol. The van der Waals surface area contributed by atoms with Crippen LogP contribution in [0.25, 0.3) is 0 Å². The van der Waals surface area contributed by atoms with Crippen LogP contribution in [0.4, 0.5) is 5.69 Å². The number of rotatable bonds is 8. The van der Waals surface area contributed by atoms with E-state index in [1.54, 1.807) is 6.07 Å². The van der Waals surface area contributed by atoms with Crippen LogP contribution in [0, 0.1) is 20.8 Å². The van der Waals surface area contributed by atoms with Gasteiger partial charge in [-0.2, -0.15) is 0 Å². The summed E-state index contributed by atoms with van der Waals surface area (Å²) < 4.78 is 2.91. The lowest BCUT2D eigenvalue weighted by atomic mass is 10.1. The Kier molecular flexibility index (Phi) is 8.31. The van der Waals surface area contributed by atoms with Gasteiger partial charge in [0, 0.05) is 22.3 Å². The van der Waals surface area contributed by atoms with Crippen molar-refractivity contribution in [2.24, 2.45) is 0 Å². The summed E-state index contributed by atoms with van der Waals surface area (Å²) in [6.45, 7) is 10.3. The summed E-state index contributed by atoms with van der Waals surface area (Å²) in [5, 5.41) is 15.2. The van der Waals surface area contributed by atoms with Crippen molar-refractivity contribution in [3.05, 3.63) is 68.9 Å². The van der Waals surface area contributed by atoms with E-state index in [4.69, 9.17) is 0 Å². The number of anilines is 1. The number of carbonyl (C=O) groups excluding carboxylic acids is 2. The smallest absolute Gasteiger partial charge is 0.252 e. The van der Waals surface area contributed by atoms with E-state index in [0.29, 0.717) is 23.1 Å². The first-order valence-electron chi connectivity index (χ1n) is 10.7. The van der Waals surface area contributed by atoms with Crippen molar-refractivity contribution >= 4 is 45.2 Å². The molecule has 7 nitrogen and oxygen atoms in total. The highest BCUT2D eigenvalue weighted by molar-refractivity contribution is 9.10. The number of hydrogen-bond acceptors (Lipinski definition) is 5. The molecule has 0 aliphatic carbocycles. The maximum absolute atomic E-state index is 12.7. The zero-order valence-electron chi connectivity index (χ0n) is 19.4. The van der Waals surface area contributed by atoms with Crippen molar-refractivity contribution in [3.8, 4) is 0 Å². The molecular formula is C24H28BrN5O2S. The van der Waals surface area contributed by atoms with Crippen LogP contribution in [-0.2, 0) is 11.3 Å². The van der Waals surface area contributed by atoms with Crippen molar-refractivity contribution in [2.75, 3.05) is 11.1 Å². The third kappa shape index (κ3) is 6.03. The van der Waals surface area contributed by atoms with E-state index >= 15 is 0 Å². The van der Waals surface area contributed by atoms with Crippen LogP contribution < -0.4 is 10.6 Å². The van der Waals surface area contributed by atoms with Crippen molar-refractivity contribution in [1.82, 2.24) is 20.1 Å². The molecule has 0 aliphatic rings. The lowest BCUT2D eigenvalue weighted by Gasteiger charge is -2.16. The summed E-state index contributed by atoms with van der Waals surface area (Å²) in [5.74, 6) is 0.598. The van der Waals surface area contributed by atoms with Crippen LogP contribution in [0.2, 0.25) is 0 Å². The van der Waals surface area contributed by atoms with Gasteiger partial charge in [-0.15, -0.1) is 10.2 Å². The molecule has 0 unspecified atom stereocenters. The minimum atomic E-state index is -0.333. The van der Waals surface area contributed by atoms with Gasteiger partial charge >= 0.3 is 0 Å². The highest BCUT2D eigenvalue weighted by Crippen LogP contribution is 2.26. The Bertz CT molecular complexity index is 1150. The lowest BCUT2D eigenvalue weighted by Crippen LogP contribution is -2.29. The van der Waals surface area contributed by atoms with Gasteiger partial charge in [-0.3, -0.25) is 9.59 Å². The average molecular weight is 530 g/mol. The number of nitrogens with one attached hydrogen (secondary N) is 2. The number of amides is 2. The first kappa shape index (κ1) is 25.0. The fourth-order valence-corrected chi connectivity index (χ4v) is 5.10. The topological polar surface area (TPSA) is 88.9 Å². The lowest BCUT2D eigenvalue weighted by molar-refractivity contribution is -0.113. The number of aryl methyl sites for hydroxylation is 3. The first-order chi connectivity index (χ1) is 15.7. The summed E-state index contributed by atoms with van der Waals surface area (Å²) in [5.41, 5.74) is 4.37. The molecule has 2 amide bonds. The van der Waals surface area contributed by atoms with E-state index in [9.17, 15) is 9.59 Å². The highest BCUT2D eigenvalue weighted by atomic mass is 79.9. The largest absolute Gasteiger partial charge is 0.342 e. The molecule has 174 valence electrons. The molecule has 0 bridgehead atoms. The van der Waals surface area contributed by atoms with Gasteiger partial charge in [0.1, 0.15) is 0 Å². The summed E-state index contributed by atoms with van der Waals surface area (Å²) in [6, 6.07) is 11.1. The number of aromatic nitrogens is 3. The standard InChI is InChI=1S/C24H28BrN5O2S/c1-6-30-22(17(5)26-23(32)19-10-8-7-9-14(19)2)28-29-24(30)33-13-20(31)27-21-15(3)11-18(25)12-16(21)4/h7-12,17H,6,13H2,1-5H3,(H,26,32)(H,27,31)/t17-/m1/s1. The molecule has 0 spiro atoms. The van der Waals surface area contributed by atoms with Crippen LogP contribution in [0.1, 0.15) is 52.8 Å². The Morgan fingerprint density at radius 1 is 1.09 bits per heavy atom. The molecule has 0 fully saturated rings. The number of benzene rings is 2. The van der Waals surface area contributed by atoms with E-state index in [-0.39, 0.29) is 23.6 Å². The van der Waals surface area contributed by atoms with Crippen LogP contribution in [0.15, 0.2) is 46.0 Å². The van der Waals surface area contributed by atoms with E-state index in [0.717, 1.165) is 26.9 Å². The second-order valence-electron chi connectivity index (χ2n) is 7.85. The van der Waals surface area contributed by atoms with Gasteiger partial charge in [0.25, 0.3) is 5.91 Å². The van der Waals surface area contributed by atoms with Crippen molar-refractivity contribution in [1.29, 1.82) is 0 Å². The average Bonchev–Trinajstić information content (AvgIpc) is 3.18. The number of halogens is 1. The molecule has 1 heterocycles. The third-order valence-electron chi connectivity index (χ3n) is 5.28. The monoisotopic (exact) mass is 529 g/mol. The molecule has 3 aromatic rings. The minimum Gasteiger partial charge on any atom is -0.342 e. The molecule has 2 aromatic carbocycles. The highest BCUT2D eigenvalue weighted by Gasteiger charge is 2.21. The fraction of sp³-hybridized carbons (Fsp3) is 0.333. The predicted octanol–water partition coefficient (Wildman–Crippen LogP) is 5.21. The van der Waals surface area contributed by atoms with Gasteiger partial charge in [-0.05, 0) is 69.5 Å². The van der Waals surface area contributed by atoms with Crippen molar-refractivity contribution in [3.63, 3.8) is 0 Å². The van der Waals surface area contributed by atoms with Crippen molar-refractivity contribution < 1.29 is 9.59 Å². The summed E-state index contributed by atoms with van der Waals surface area (Å²) in [4.78, 5) is 25.3. The van der Waals surface area contributed by atoms with Gasteiger partial charge < -0.3 is 15.2 Å². The zero-order chi connectivity index (χ0) is 24.1. The Hall–Kier alpha value is -2.65. The minimum absolute atomic E-state index is 0.110.